The Morgan fingerprint density at radius 3 is 2.26 bits per heavy atom. The van der Waals surface area contributed by atoms with Crippen LogP contribution < -0.4 is 20.3 Å². The van der Waals surface area contributed by atoms with Crippen molar-refractivity contribution in [3.63, 3.8) is 0 Å². The van der Waals surface area contributed by atoms with E-state index in [9.17, 15) is 4.39 Å². The second-order valence-corrected chi connectivity index (χ2v) is 6.25. The molecule has 0 aliphatic heterocycles. The van der Waals surface area contributed by atoms with E-state index in [0.29, 0.717) is 24.8 Å². The van der Waals surface area contributed by atoms with Crippen molar-refractivity contribution in [1.29, 1.82) is 0 Å². The highest BCUT2D eigenvalue weighted by atomic mass is 127. The summed E-state index contributed by atoms with van der Waals surface area (Å²) in [6.45, 7) is 3.21. The van der Waals surface area contributed by atoms with Crippen molar-refractivity contribution in [3.05, 3.63) is 59.9 Å². The Morgan fingerprint density at radius 2 is 1.70 bits per heavy atom. The molecule has 1 unspecified atom stereocenters. The van der Waals surface area contributed by atoms with E-state index < -0.39 is 0 Å². The van der Waals surface area contributed by atoms with Crippen LogP contribution in [0.1, 0.15) is 12.5 Å². The van der Waals surface area contributed by atoms with Gasteiger partial charge in [0.05, 0.1) is 6.54 Å². The summed E-state index contributed by atoms with van der Waals surface area (Å²) in [4.78, 5) is 6.29. The highest BCUT2D eigenvalue weighted by molar-refractivity contribution is 14.0. The molecule has 0 aliphatic rings. The number of nitrogens with zero attached hydrogens (tertiary/aromatic N) is 2. The Hall–Kier alpha value is -2.03. The number of ether oxygens (including phenoxy) is 1. The number of benzene rings is 2. The second kappa shape index (κ2) is 11.6. The lowest BCUT2D eigenvalue weighted by Gasteiger charge is -2.18. The van der Waals surface area contributed by atoms with E-state index in [1.807, 2.05) is 21.0 Å². The molecule has 2 aromatic rings. The Morgan fingerprint density at radius 1 is 1.07 bits per heavy atom. The molecule has 2 aromatic carbocycles. The van der Waals surface area contributed by atoms with Crippen molar-refractivity contribution in [2.45, 2.75) is 19.6 Å². The SMILES string of the molecule is CN=C(NCc1ccc(N(C)C)cc1)NCC(C)Oc1ccc(F)cc1.I. The number of guanidine groups is 1. The summed E-state index contributed by atoms with van der Waals surface area (Å²) in [5.41, 5.74) is 2.34. The van der Waals surface area contributed by atoms with E-state index >= 15 is 0 Å². The monoisotopic (exact) mass is 486 g/mol. The first-order chi connectivity index (χ1) is 12.5. The molecule has 0 radical (unpaired) electrons. The molecule has 0 amide bonds. The molecule has 2 rings (SSSR count). The summed E-state index contributed by atoms with van der Waals surface area (Å²) in [6, 6.07) is 14.4. The lowest BCUT2D eigenvalue weighted by Crippen LogP contribution is -2.41. The van der Waals surface area contributed by atoms with Crippen molar-refractivity contribution < 1.29 is 9.13 Å². The summed E-state index contributed by atoms with van der Waals surface area (Å²) < 4.78 is 18.7. The highest BCUT2D eigenvalue weighted by Crippen LogP contribution is 2.13. The van der Waals surface area contributed by atoms with Crippen LogP contribution in [-0.2, 0) is 6.54 Å². The first-order valence-corrected chi connectivity index (χ1v) is 8.61. The number of hydrogen-bond acceptors (Lipinski definition) is 3. The third kappa shape index (κ3) is 8.03. The van der Waals surface area contributed by atoms with Crippen LogP contribution in [0.2, 0.25) is 0 Å². The molecule has 2 N–H and O–H groups in total. The lowest BCUT2D eigenvalue weighted by molar-refractivity contribution is 0.223. The summed E-state index contributed by atoms with van der Waals surface area (Å²) >= 11 is 0. The molecule has 7 heteroatoms. The first-order valence-electron chi connectivity index (χ1n) is 8.61. The fourth-order valence-electron chi connectivity index (χ4n) is 2.35. The molecule has 0 spiro atoms. The molecule has 1 atom stereocenters. The standard InChI is InChI=1S/C20H27FN4O.HI/c1-15(26-19-11-7-17(21)8-12-19)13-23-20(22-2)24-14-16-5-9-18(10-6-16)25(3)4;/h5-12,15H,13-14H2,1-4H3,(H2,22,23,24);1H. The third-order valence-corrected chi connectivity index (χ3v) is 3.84. The first kappa shape index (κ1) is 23.0. The quantitative estimate of drug-likeness (QED) is 0.357. The zero-order valence-corrected chi connectivity index (χ0v) is 18.5. The van der Waals surface area contributed by atoms with Gasteiger partial charge in [0, 0.05) is 33.4 Å². The van der Waals surface area contributed by atoms with Gasteiger partial charge < -0.3 is 20.3 Å². The minimum atomic E-state index is -0.272. The van der Waals surface area contributed by atoms with Gasteiger partial charge in [0.2, 0.25) is 0 Å². The number of anilines is 1. The number of nitrogens with one attached hydrogen (secondary N) is 2. The largest absolute Gasteiger partial charge is 0.489 e. The minimum Gasteiger partial charge on any atom is -0.489 e. The van der Waals surface area contributed by atoms with Gasteiger partial charge in [0.25, 0.3) is 0 Å². The normalized spacial score (nSPS) is 12.0. The maximum Gasteiger partial charge on any atom is 0.191 e. The zero-order chi connectivity index (χ0) is 18.9. The number of hydrogen-bond donors (Lipinski definition) is 2. The predicted molar refractivity (Wildman–Crippen MR) is 121 cm³/mol. The van der Waals surface area contributed by atoms with E-state index in [-0.39, 0.29) is 35.9 Å². The maximum absolute atomic E-state index is 12.9. The molecular weight excluding hydrogens is 458 g/mol. The van der Waals surface area contributed by atoms with E-state index in [2.05, 4.69) is 44.8 Å². The molecule has 0 aromatic heterocycles. The van der Waals surface area contributed by atoms with Crippen LogP contribution in [0.25, 0.3) is 0 Å². The third-order valence-electron chi connectivity index (χ3n) is 3.84. The van der Waals surface area contributed by atoms with Crippen molar-refractivity contribution in [2.75, 3.05) is 32.6 Å². The predicted octanol–water partition coefficient (Wildman–Crippen LogP) is 3.64. The molecule has 0 bridgehead atoms. The van der Waals surface area contributed by atoms with Gasteiger partial charge in [-0.2, -0.15) is 0 Å². The van der Waals surface area contributed by atoms with Gasteiger partial charge in [-0.25, -0.2) is 4.39 Å². The summed E-state index contributed by atoms with van der Waals surface area (Å²) in [7, 11) is 5.78. The average Bonchev–Trinajstić information content (AvgIpc) is 2.64. The molecule has 27 heavy (non-hydrogen) atoms. The topological polar surface area (TPSA) is 48.9 Å². The summed E-state index contributed by atoms with van der Waals surface area (Å²) in [5.74, 6) is 1.08. The van der Waals surface area contributed by atoms with E-state index in [1.54, 1.807) is 19.2 Å². The fourth-order valence-corrected chi connectivity index (χ4v) is 2.35. The van der Waals surface area contributed by atoms with Crippen LogP contribution >= 0.6 is 24.0 Å². The second-order valence-electron chi connectivity index (χ2n) is 6.25. The van der Waals surface area contributed by atoms with Gasteiger partial charge in [-0.1, -0.05) is 12.1 Å². The Kier molecular flexibility index (Phi) is 9.92. The van der Waals surface area contributed by atoms with Crippen LogP contribution in [0, 0.1) is 5.82 Å². The zero-order valence-electron chi connectivity index (χ0n) is 16.2. The molecular formula is C20H28FIN4O. The molecule has 0 saturated carbocycles. The van der Waals surface area contributed by atoms with Crippen LogP contribution in [0.4, 0.5) is 10.1 Å². The Labute approximate surface area is 178 Å². The number of aliphatic imine (C=N–C) groups is 1. The summed E-state index contributed by atoms with van der Waals surface area (Å²) in [5, 5.41) is 6.51. The number of halogens is 2. The van der Waals surface area contributed by atoms with Crippen molar-refractivity contribution in [3.8, 4) is 5.75 Å². The molecule has 0 heterocycles. The maximum atomic E-state index is 12.9. The van der Waals surface area contributed by atoms with E-state index in [4.69, 9.17) is 4.74 Å². The van der Waals surface area contributed by atoms with Crippen molar-refractivity contribution >= 4 is 35.6 Å². The van der Waals surface area contributed by atoms with Crippen LogP contribution in [0.15, 0.2) is 53.5 Å². The molecule has 0 fully saturated rings. The fraction of sp³-hybridized carbons (Fsp3) is 0.350. The van der Waals surface area contributed by atoms with Crippen molar-refractivity contribution in [2.24, 2.45) is 4.99 Å². The molecule has 0 aliphatic carbocycles. The van der Waals surface area contributed by atoms with Gasteiger partial charge in [-0.05, 0) is 48.9 Å². The van der Waals surface area contributed by atoms with Gasteiger partial charge in [0.1, 0.15) is 17.7 Å². The van der Waals surface area contributed by atoms with E-state index in [1.165, 1.54) is 23.4 Å². The molecule has 0 saturated heterocycles. The van der Waals surface area contributed by atoms with Gasteiger partial charge in [0.15, 0.2) is 5.96 Å². The smallest absolute Gasteiger partial charge is 0.191 e. The van der Waals surface area contributed by atoms with Crippen LogP contribution in [-0.4, -0.2) is 39.8 Å². The Balaban J connectivity index is 0.00000364. The van der Waals surface area contributed by atoms with Gasteiger partial charge in [-0.3, -0.25) is 4.99 Å². The number of rotatable bonds is 7. The Bertz CT molecular complexity index is 705. The minimum absolute atomic E-state index is 0. The lowest BCUT2D eigenvalue weighted by atomic mass is 10.2. The summed E-state index contributed by atoms with van der Waals surface area (Å²) in [6.07, 6.45) is -0.0848. The highest BCUT2D eigenvalue weighted by Gasteiger charge is 2.06. The van der Waals surface area contributed by atoms with Crippen molar-refractivity contribution in [1.82, 2.24) is 10.6 Å². The van der Waals surface area contributed by atoms with E-state index in [0.717, 1.165) is 0 Å². The average molecular weight is 486 g/mol. The van der Waals surface area contributed by atoms with Gasteiger partial charge >= 0.3 is 0 Å². The molecule has 148 valence electrons. The van der Waals surface area contributed by atoms with Crippen LogP contribution in [0.3, 0.4) is 0 Å². The van der Waals surface area contributed by atoms with Gasteiger partial charge in [-0.15, -0.1) is 24.0 Å². The molecule has 5 nitrogen and oxygen atoms in total. The van der Waals surface area contributed by atoms with Crippen LogP contribution in [0.5, 0.6) is 5.75 Å².